The van der Waals surface area contributed by atoms with E-state index in [0.29, 0.717) is 11.5 Å². The molecule has 0 amide bonds. The third-order valence-electron chi connectivity index (χ3n) is 2.99. The molecule has 2 aromatic rings. The Morgan fingerprint density at radius 3 is 2.61 bits per heavy atom. The number of aliphatic carboxylic acids is 1. The highest BCUT2D eigenvalue weighted by Crippen LogP contribution is 2.33. The van der Waals surface area contributed by atoms with Gasteiger partial charge in [-0.25, -0.2) is 4.79 Å². The molecule has 5 nitrogen and oxygen atoms in total. The number of halogens is 1. The molecule has 0 fully saturated rings. The van der Waals surface area contributed by atoms with E-state index < -0.39 is 12.6 Å². The van der Waals surface area contributed by atoms with Crippen molar-refractivity contribution >= 4 is 40.5 Å². The van der Waals surface area contributed by atoms with Crippen LogP contribution in [0.5, 0.6) is 11.5 Å². The highest BCUT2D eigenvalue weighted by molar-refractivity contribution is 14.1. The molecule has 0 spiro atoms. The van der Waals surface area contributed by atoms with Gasteiger partial charge in [0.1, 0.15) is 0 Å². The summed E-state index contributed by atoms with van der Waals surface area (Å²) in [4.78, 5) is 15.1. The molecule has 0 aliphatic rings. The minimum Gasteiger partial charge on any atom is -0.493 e. The molecule has 0 saturated carbocycles. The predicted molar refractivity (Wildman–Crippen MR) is 97.3 cm³/mol. The first-order valence-corrected chi connectivity index (χ1v) is 7.90. The van der Waals surface area contributed by atoms with Crippen molar-refractivity contribution in [2.24, 2.45) is 4.99 Å². The molecule has 0 aliphatic heterocycles. The fourth-order valence-electron chi connectivity index (χ4n) is 1.87. The molecule has 2 aromatic carbocycles. The van der Waals surface area contributed by atoms with Crippen molar-refractivity contribution in [1.82, 2.24) is 0 Å². The van der Waals surface area contributed by atoms with Gasteiger partial charge in [0.15, 0.2) is 18.1 Å². The number of carboxylic acid groups (broad SMARTS) is 1. The Morgan fingerprint density at radius 1 is 1.30 bits per heavy atom. The lowest BCUT2D eigenvalue weighted by Crippen LogP contribution is -2.11. The van der Waals surface area contributed by atoms with Crippen LogP contribution in [0.15, 0.2) is 41.4 Å². The summed E-state index contributed by atoms with van der Waals surface area (Å²) < 4.78 is 11.3. The Balaban J connectivity index is 2.24. The molecule has 23 heavy (non-hydrogen) atoms. The first-order valence-electron chi connectivity index (χ1n) is 6.82. The van der Waals surface area contributed by atoms with E-state index in [9.17, 15) is 4.79 Å². The van der Waals surface area contributed by atoms with Crippen LogP contribution in [0.25, 0.3) is 0 Å². The lowest BCUT2D eigenvalue weighted by molar-refractivity contribution is -0.139. The Bertz CT molecular complexity index is 726. The van der Waals surface area contributed by atoms with Crippen LogP contribution in [-0.4, -0.2) is 31.0 Å². The van der Waals surface area contributed by atoms with Crippen LogP contribution in [0.3, 0.4) is 0 Å². The smallest absolute Gasteiger partial charge is 0.341 e. The number of nitrogens with zero attached hydrogens (tertiary/aromatic N) is 1. The summed E-state index contributed by atoms with van der Waals surface area (Å²) >= 11 is 2.08. The Hall–Kier alpha value is -2.09. The van der Waals surface area contributed by atoms with Crippen molar-refractivity contribution < 1.29 is 19.4 Å². The zero-order valence-electron chi connectivity index (χ0n) is 12.7. The van der Waals surface area contributed by atoms with Crippen LogP contribution in [0.4, 0.5) is 5.69 Å². The van der Waals surface area contributed by atoms with E-state index in [0.717, 1.165) is 14.8 Å². The topological polar surface area (TPSA) is 68.1 Å². The zero-order chi connectivity index (χ0) is 16.8. The van der Waals surface area contributed by atoms with E-state index in [1.54, 1.807) is 12.3 Å². The van der Waals surface area contributed by atoms with E-state index in [-0.39, 0.29) is 0 Å². The van der Waals surface area contributed by atoms with Crippen molar-refractivity contribution in [1.29, 1.82) is 0 Å². The molecule has 0 radical (unpaired) electrons. The van der Waals surface area contributed by atoms with E-state index >= 15 is 0 Å². The quantitative estimate of drug-likeness (QED) is 0.565. The fourth-order valence-corrected chi connectivity index (χ4v) is 2.65. The van der Waals surface area contributed by atoms with Crippen molar-refractivity contribution in [3.63, 3.8) is 0 Å². The lowest BCUT2D eigenvalue weighted by atomic mass is 10.2. The molecule has 6 heteroatoms. The molecule has 2 rings (SSSR count). The van der Waals surface area contributed by atoms with Crippen molar-refractivity contribution in [2.75, 3.05) is 13.7 Å². The van der Waals surface area contributed by atoms with Gasteiger partial charge >= 0.3 is 5.97 Å². The first-order chi connectivity index (χ1) is 11.0. The molecule has 1 N–H and O–H groups in total. The van der Waals surface area contributed by atoms with Gasteiger partial charge in [-0.15, -0.1) is 0 Å². The molecular formula is C17H16INO4. The van der Waals surface area contributed by atoms with Gasteiger partial charge in [0.25, 0.3) is 0 Å². The lowest BCUT2D eigenvalue weighted by Gasteiger charge is -2.12. The van der Waals surface area contributed by atoms with Gasteiger partial charge in [0.05, 0.1) is 16.4 Å². The molecule has 0 aromatic heterocycles. The number of hydrogen-bond donors (Lipinski definition) is 1. The van der Waals surface area contributed by atoms with Crippen molar-refractivity contribution in [2.45, 2.75) is 6.92 Å². The molecule has 0 saturated heterocycles. The number of hydrogen-bond acceptors (Lipinski definition) is 4. The van der Waals surface area contributed by atoms with Crippen molar-refractivity contribution in [3.8, 4) is 11.5 Å². The minimum atomic E-state index is -1.03. The van der Waals surface area contributed by atoms with Gasteiger partial charge in [0, 0.05) is 6.21 Å². The standard InChI is InChI=1S/C17H16INO4/c1-11-3-5-13(6-4-11)19-9-12-7-14(18)17(15(8-12)22-2)23-10-16(20)21/h3-9H,10H2,1-2H3,(H,20,21). The average Bonchev–Trinajstić information content (AvgIpc) is 2.52. The molecule has 0 aliphatic carbocycles. The van der Waals surface area contributed by atoms with Crippen molar-refractivity contribution in [3.05, 3.63) is 51.1 Å². The number of aryl methyl sites for hydroxylation is 1. The summed E-state index contributed by atoms with van der Waals surface area (Å²) in [5, 5.41) is 8.72. The third-order valence-corrected chi connectivity index (χ3v) is 3.79. The van der Waals surface area contributed by atoms with E-state index in [4.69, 9.17) is 14.6 Å². The number of benzene rings is 2. The molecule has 0 heterocycles. The number of aliphatic imine (C=N–C) groups is 1. The largest absolute Gasteiger partial charge is 0.493 e. The zero-order valence-corrected chi connectivity index (χ0v) is 14.9. The van der Waals surface area contributed by atoms with Crippen LogP contribution in [0.2, 0.25) is 0 Å². The second-order valence-corrected chi connectivity index (χ2v) is 5.97. The van der Waals surface area contributed by atoms with E-state index in [1.165, 1.54) is 12.7 Å². The summed E-state index contributed by atoms with van der Waals surface area (Å²) in [6.07, 6.45) is 1.73. The summed E-state index contributed by atoms with van der Waals surface area (Å²) in [5.41, 5.74) is 2.88. The van der Waals surface area contributed by atoms with Crippen LogP contribution in [0.1, 0.15) is 11.1 Å². The summed E-state index contributed by atoms with van der Waals surface area (Å²) in [5.74, 6) is -0.139. The maximum absolute atomic E-state index is 10.6. The highest BCUT2D eigenvalue weighted by atomic mass is 127. The second kappa shape index (κ2) is 7.96. The summed E-state index contributed by atoms with van der Waals surface area (Å²) in [7, 11) is 1.51. The maximum Gasteiger partial charge on any atom is 0.341 e. The van der Waals surface area contributed by atoms with Gasteiger partial charge in [0.2, 0.25) is 0 Å². The van der Waals surface area contributed by atoms with Gasteiger partial charge in [-0.3, -0.25) is 4.99 Å². The predicted octanol–water partition coefficient (Wildman–Crippen LogP) is 3.82. The third kappa shape index (κ3) is 4.95. The molecular weight excluding hydrogens is 409 g/mol. The van der Waals surface area contributed by atoms with E-state index in [1.807, 2.05) is 37.3 Å². The molecule has 0 atom stereocenters. The number of ether oxygens (including phenoxy) is 2. The van der Waals surface area contributed by atoms with Gasteiger partial charge in [-0.05, 0) is 59.3 Å². The number of methoxy groups -OCH3 is 1. The molecule has 120 valence electrons. The molecule has 0 unspecified atom stereocenters. The maximum atomic E-state index is 10.6. The van der Waals surface area contributed by atoms with E-state index in [2.05, 4.69) is 27.6 Å². The summed E-state index contributed by atoms with van der Waals surface area (Å²) in [6.45, 7) is 1.61. The Morgan fingerprint density at radius 2 is 2.00 bits per heavy atom. The molecule has 0 bridgehead atoms. The van der Waals surface area contributed by atoms with Crippen LogP contribution in [-0.2, 0) is 4.79 Å². The SMILES string of the molecule is COc1cc(C=Nc2ccc(C)cc2)cc(I)c1OCC(=O)O. The normalized spacial score (nSPS) is 10.7. The number of carboxylic acids is 1. The van der Waals surface area contributed by atoms with Gasteiger partial charge in [-0.1, -0.05) is 17.7 Å². The summed E-state index contributed by atoms with van der Waals surface area (Å²) in [6, 6.07) is 11.5. The first kappa shape index (κ1) is 17.3. The van der Waals surface area contributed by atoms with Crippen LogP contribution >= 0.6 is 22.6 Å². The fraction of sp³-hybridized carbons (Fsp3) is 0.176. The monoisotopic (exact) mass is 425 g/mol. The average molecular weight is 425 g/mol. The Labute approximate surface area is 148 Å². The number of carbonyl (C=O) groups is 1. The van der Waals surface area contributed by atoms with Gasteiger partial charge < -0.3 is 14.6 Å². The Kier molecular flexibility index (Phi) is 5.97. The van der Waals surface area contributed by atoms with Crippen LogP contribution in [0, 0.1) is 10.5 Å². The van der Waals surface area contributed by atoms with Gasteiger partial charge in [-0.2, -0.15) is 0 Å². The minimum absolute atomic E-state index is 0.414. The highest BCUT2D eigenvalue weighted by Gasteiger charge is 2.12. The number of rotatable bonds is 6. The second-order valence-electron chi connectivity index (χ2n) is 4.81. The van der Waals surface area contributed by atoms with Crippen LogP contribution < -0.4 is 9.47 Å².